The zero-order valence-corrected chi connectivity index (χ0v) is 19.2. The molecule has 0 fully saturated rings. The molecule has 2 nitrogen and oxygen atoms in total. The lowest BCUT2D eigenvalue weighted by molar-refractivity contribution is 0.613. The van der Waals surface area contributed by atoms with Crippen LogP contribution in [0, 0.1) is 0 Å². The fraction of sp³-hybridized carbons (Fsp3) is 0.0667. The Balaban J connectivity index is 1.52. The topological polar surface area (TPSA) is 34.1 Å². The molecule has 33 heavy (non-hydrogen) atoms. The Kier molecular flexibility index (Phi) is 7.33. The molecular formula is C30H26O2S. The molecule has 0 aromatic heterocycles. The smallest absolute Gasteiger partial charge is 0.193 e. The Labute approximate surface area is 196 Å². The van der Waals surface area contributed by atoms with E-state index in [0.717, 1.165) is 35.1 Å². The molecule has 0 heterocycles. The van der Waals surface area contributed by atoms with Crippen LogP contribution in [-0.2, 0) is 22.7 Å². The number of sulfone groups is 1. The molecule has 4 aromatic carbocycles. The standard InChI is InChI=1S/C30H26O2S/c31-33(32,21-19-27-15-7-9-17-29(27)23-25-11-3-1-4-12-25)22-20-28-16-8-10-18-30(28)24-26-13-5-2-6-14-26/h1-22H,23-24H2/b21-19-,22-20-. The van der Waals surface area contributed by atoms with Crippen LogP contribution in [0.5, 0.6) is 0 Å². The first-order valence-electron chi connectivity index (χ1n) is 10.9. The molecule has 0 saturated carbocycles. The van der Waals surface area contributed by atoms with E-state index in [-0.39, 0.29) is 0 Å². The highest BCUT2D eigenvalue weighted by Gasteiger charge is 2.06. The summed E-state index contributed by atoms with van der Waals surface area (Å²) in [5.41, 5.74) is 6.37. The highest BCUT2D eigenvalue weighted by Crippen LogP contribution is 2.19. The van der Waals surface area contributed by atoms with Gasteiger partial charge in [-0.2, -0.15) is 0 Å². The summed E-state index contributed by atoms with van der Waals surface area (Å²) in [6, 6.07) is 36.1. The van der Waals surface area contributed by atoms with Gasteiger partial charge in [-0.1, -0.05) is 109 Å². The van der Waals surface area contributed by atoms with Crippen molar-refractivity contribution in [3.8, 4) is 0 Å². The van der Waals surface area contributed by atoms with E-state index in [0.29, 0.717) is 0 Å². The third-order valence-corrected chi connectivity index (χ3v) is 6.49. The second-order valence-corrected chi connectivity index (χ2v) is 9.64. The van der Waals surface area contributed by atoms with Crippen LogP contribution in [0.3, 0.4) is 0 Å². The van der Waals surface area contributed by atoms with Crippen LogP contribution in [0.4, 0.5) is 0 Å². The lowest BCUT2D eigenvalue weighted by Gasteiger charge is -2.07. The van der Waals surface area contributed by atoms with Gasteiger partial charge in [0.25, 0.3) is 0 Å². The Morgan fingerprint density at radius 1 is 0.485 bits per heavy atom. The van der Waals surface area contributed by atoms with Crippen LogP contribution in [0.1, 0.15) is 33.4 Å². The highest BCUT2D eigenvalue weighted by molar-refractivity contribution is 7.97. The SMILES string of the molecule is O=S(=O)(/C=C\c1ccccc1Cc1ccccc1)/C=C\c1ccccc1Cc1ccccc1. The fourth-order valence-electron chi connectivity index (χ4n) is 3.73. The lowest BCUT2D eigenvalue weighted by Crippen LogP contribution is -1.94. The van der Waals surface area contributed by atoms with Crippen LogP contribution >= 0.6 is 0 Å². The van der Waals surface area contributed by atoms with E-state index in [1.165, 1.54) is 21.9 Å². The predicted molar refractivity (Wildman–Crippen MR) is 138 cm³/mol. The van der Waals surface area contributed by atoms with E-state index in [1.54, 1.807) is 12.2 Å². The van der Waals surface area contributed by atoms with E-state index < -0.39 is 9.84 Å². The predicted octanol–water partition coefficient (Wildman–Crippen LogP) is 6.92. The van der Waals surface area contributed by atoms with E-state index in [9.17, 15) is 8.42 Å². The minimum absolute atomic E-state index is 0.754. The third kappa shape index (κ3) is 6.64. The van der Waals surface area contributed by atoms with Crippen molar-refractivity contribution >= 4 is 22.0 Å². The third-order valence-electron chi connectivity index (χ3n) is 5.46. The summed E-state index contributed by atoms with van der Waals surface area (Å²) in [4.78, 5) is 0. The molecule has 0 atom stereocenters. The Morgan fingerprint density at radius 3 is 1.27 bits per heavy atom. The first-order chi connectivity index (χ1) is 16.1. The van der Waals surface area contributed by atoms with Gasteiger partial charge in [0.05, 0.1) is 0 Å². The summed E-state index contributed by atoms with van der Waals surface area (Å²) >= 11 is 0. The van der Waals surface area contributed by atoms with Crippen LogP contribution in [0.15, 0.2) is 120 Å². The van der Waals surface area contributed by atoms with Crippen LogP contribution < -0.4 is 0 Å². The maximum absolute atomic E-state index is 12.7. The number of hydrogen-bond acceptors (Lipinski definition) is 2. The molecule has 4 rings (SSSR count). The van der Waals surface area contributed by atoms with Crippen molar-refractivity contribution in [1.29, 1.82) is 0 Å². The Hall–Kier alpha value is -3.69. The van der Waals surface area contributed by atoms with Gasteiger partial charge in [-0.15, -0.1) is 0 Å². The summed E-state index contributed by atoms with van der Waals surface area (Å²) < 4.78 is 25.5. The van der Waals surface area contributed by atoms with Crippen molar-refractivity contribution in [2.24, 2.45) is 0 Å². The lowest BCUT2D eigenvalue weighted by atomic mass is 10.00. The van der Waals surface area contributed by atoms with E-state index in [4.69, 9.17) is 0 Å². The first-order valence-corrected chi connectivity index (χ1v) is 12.5. The largest absolute Gasteiger partial charge is 0.220 e. The van der Waals surface area contributed by atoms with Crippen LogP contribution in [0.25, 0.3) is 12.2 Å². The molecule has 0 aliphatic rings. The van der Waals surface area contributed by atoms with Crippen molar-refractivity contribution in [2.45, 2.75) is 12.8 Å². The van der Waals surface area contributed by atoms with Crippen LogP contribution in [0.2, 0.25) is 0 Å². The van der Waals surface area contributed by atoms with Gasteiger partial charge in [-0.05, 0) is 58.4 Å². The van der Waals surface area contributed by atoms with E-state index >= 15 is 0 Å². The molecule has 164 valence electrons. The average molecular weight is 451 g/mol. The fourth-order valence-corrected chi connectivity index (χ4v) is 4.49. The molecule has 0 spiro atoms. The minimum atomic E-state index is -3.52. The van der Waals surface area contributed by atoms with Gasteiger partial charge >= 0.3 is 0 Å². The van der Waals surface area contributed by atoms with Crippen molar-refractivity contribution in [3.63, 3.8) is 0 Å². The maximum atomic E-state index is 12.7. The zero-order chi connectivity index (χ0) is 22.9. The molecule has 0 aliphatic carbocycles. The van der Waals surface area contributed by atoms with E-state index in [1.807, 2.05) is 84.9 Å². The maximum Gasteiger partial charge on any atom is 0.193 e. The summed E-state index contributed by atoms with van der Waals surface area (Å²) in [6.07, 6.45) is 4.88. The molecule has 0 amide bonds. The average Bonchev–Trinajstić information content (AvgIpc) is 2.84. The summed E-state index contributed by atoms with van der Waals surface area (Å²) in [6.45, 7) is 0. The Morgan fingerprint density at radius 2 is 0.848 bits per heavy atom. The van der Waals surface area contributed by atoms with Gasteiger partial charge in [-0.3, -0.25) is 0 Å². The molecule has 3 heteroatoms. The molecule has 0 radical (unpaired) electrons. The number of hydrogen-bond donors (Lipinski definition) is 0. The summed E-state index contributed by atoms with van der Waals surface area (Å²) in [5.74, 6) is 0. The van der Waals surface area contributed by atoms with Gasteiger partial charge in [0.1, 0.15) is 0 Å². The van der Waals surface area contributed by atoms with Crippen LogP contribution in [-0.4, -0.2) is 8.42 Å². The van der Waals surface area contributed by atoms with Gasteiger partial charge < -0.3 is 0 Å². The second kappa shape index (κ2) is 10.8. The molecule has 4 aromatic rings. The zero-order valence-electron chi connectivity index (χ0n) is 18.3. The summed E-state index contributed by atoms with van der Waals surface area (Å²) in [5, 5.41) is 2.57. The van der Waals surface area contributed by atoms with Crippen molar-refractivity contribution in [2.75, 3.05) is 0 Å². The molecule has 0 N–H and O–H groups in total. The quantitative estimate of drug-likeness (QED) is 0.292. The molecule has 0 saturated heterocycles. The molecule has 0 bridgehead atoms. The van der Waals surface area contributed by atoms with Crippen molar-refractivity contribution in [1.82, 2.24) is 0 Å². The molecular weight excluding hydrogens is 424 g/mol. The van der Waals surface area contributed by atoms with Gasteiger partial charge in [0.2, 0.25) is 0 Å². The summed E-state index contributed by atoms with van der Waals surface area (Å²) in [7, 11) is -3.52. The van der Waals surface area contributed by atoms with Gasteiger partial charge in [0, 0.05) is 10.8 Å². The molecule has 0 aliphatic heterocycles. The van der Waals surface area contributed by atoms with Crippen molar-refractivity contribution < 1.29 is 8.42 Å². The van der Waals surface area contributed by atoms with Gasteiger partial charge in [-0.25, -0.2) is 8.42 Å². The number of benzene rings is 4. The normalized spacial score (nSPS) is 11.9. The number of rotatable bonds is 8. The van der Waals surface area contributed by atoms with Gasteiger partial charge in [0.15, 0.2) is 9.84 Å². The first kappa shape index (κ1) is 22.5. The van der Waals surface area contributed by atoms with E-state index in [2.05, 4.69) is 24.3 Å². The molecule has 0 unspecified atom stereocenters. The minimum Gasteiger partial charge on any atom is -0.220 e. The second-order valence-electron chi connectivity index (χ2n) is 7.92. The monoisotopic (exact) mass is 450 g/mol. The van der Waals surface area contributed by atoms with Crippen molar-refractivity contribution in [3.05, 3.63) is 153 Å². The Bertz CT molecular complexity index is 1250. The highest BCUT2D eigenvalue weighted by atomic mass is 32.2.